The zero-order valence-electron chi connectivity index (χ0n) is 12.8. The Kier molecular flexibility index (Phi) is 4.44. The van der Waals surface area contributed by atoms with Crippen LogP contribution in [0.15, 0.2) is 42.5 Å². The van der Waals surface area contributed by atoms with Gasteiger partial charge in [-0.3, -0.25) is 0 Å². The Morgan fingerprint density at radius 1 is 1.05 bits per heavy atom. The van der Waals surface area contributed by atoms with Crippen molar-refractivity contribution in [3.8, 4) is 0 Å². The molecule has 0 atom stereocenters. The maximum absolute atomic E-state index is 12.5. The molecular weight excluding hydrogens is 276 g/mol. The van der Waals surface area contributed by atoms with Crippen molar-refractivity contribution in [1.29, 1.82) is 0 Å². The Bertz CT molecular complexity index is 651. The quantitative estimate of drug-likeness (QED) is 0.870. The van der Waals surface area contributed by atoms with Crippen molar-refractivity contribution >= 4 is 16.7 Å². The van der Waals surface area contributed by atoms with Gasteiger partial charge in [-0.05, 0) is 29.7 Å². The molecular formula is C19H22O3. The Hall–Kier alpha value is -1.87. The van der Waals surface area contributed by atoms with Gasteiger partial charge in [0.2, 0.25) is 0 Å². The lowest BCUT2D eigenvalue weighted by atomic mass is 9.75. The van der Waals surface area contributed by atoms with Gasteiger partial charge in [0.15, 0.2) is 0 Å². The van der Waals surface area contributed by atoms with Gasteiger partial charge in [0, 0.05) is 5.41 Å². The zero-order chi connectivity index (χ0) is 15.4. The molecule has 3 heteroatoms. The zero-order valence-corrected chi connectivity index (χ0v) is 12.8. The third kappa shape index (κ3) is 3.00. The molecule has 0 heterocycles. The number of hydrogen-bond donors (Lipinski definition) is 1. The lowest BCUT2D eigenvalue weighted by Gasteiger charge is -2.34. The fourth-order valence-electron chi connectivity index (χ4n) is 3.35. The number of hydrogen-bond acceptors (Lipinski definition) is 3. The van der Waals surface area contributed by atoms with Crippen LogP contribution < -0.4 is 0 Å². The van der Waals surface area contributed by atoms with E-state index in [0.29, 0.717) is 12.2 Å². The summed E-state index contributed by atoms with van der Waals surface area (Å²) in [6.45, 7) is 0.404. The number of benzene rings is 2. The molecule has 1 fully saturated rings. The molecule has 1 aliphatic carbocycles. The van der Waals surface area contributed by atoms with Gasteiger partial charge in [0.05, 0.1) is 18.8 Å². The van der Waals surface area contributed by atoms with E-state index in [-0.39, 0.29) is 18.0 Å². The molecule has 1 saturated carbocycles. The smallest absolute Gasteiger partial charge is 0.338 e. The van der Waals surface area contributed by atoms with Gasteiger partial charge in [-0.1, -0.05) is 55.7 Å². The molecule has 1 N–H and O–H groups in total. The fourth-order valence-corrected chi connectivity index (χ4v) is 3.35. The van der Waals surface area contributed by atoms with Crippen molar-refractivity contribution in [1.82, 2.24) is 0 Å². The van der Waals surface area contributed by atoms with E-state index in [2.05, 4.69) is 0 Å². The minimum atomic E-state index is -0.296. The van der Waals surface area contributed by atoms with Crippen molar-refractivity contribution < 1.29 is 14.6 Å². The van der Waals surface area contributed by atoms with Gasteiger partial charge in [-0.25, -0.2) is 4.79 Å². The molecule has 116 valence electrons. The summed E-state index contributed by atoms with van der Waals surface area (Å²) in [6.07, 6.45) is 5.29. The summed E-state index contributed by atoms with van der Waals surface area (Å²) in [4.78, 5) is 12.5. The molecule has 0 amide bonds. The molecule has 0 aliphatic heterocycles. The highest BCUT2D eigenvalue weighted by atomic mass is 16.5. The first-order valence-corrected chi connectivity index (χ1v) is 8.00. The first kappa shape index (κ1) is 15.0. The average Bonchev–Trinajstić information content (AvgIpc) is 2.60. The summed E-state index contributed by atoms with van der Waals surface area (Å²) >= 11 is 0. The summed E-state index contributed by atoms with van der Waals surface area (Å²) in [5.41, 5.74) is 0.361. The summed E-state index contributed by atoms with van der Waals surface area (Å²) in [6, 6.07) is 13.5. The van der Waals surface area contributed by atoms with Gasteiger partial charge in [-0.2, -0.15) is 0 Å². The van der Waals surface area contributed by atoms with Crippen LogP contribution in [0.3, 0.4) is 0 Å². The number of fused-ring (bicyclic) bond motifs is 1. The number of carbonyl (C=O) groups is 1. The van der Waals surface area contributed by atoms with Gasteiger partial charge >= 0.3 is 5.97 Å². The topological polar surface area (TPSA) is 46.5 Å². The summed E-state index contributed by atoms with van der Waals surface area (Å²) < 4.78 is 5.57. The fraction of sp³-hybridized carbons (Fsp3) is 0.421. The Balaban J connectivity index is 1.76. The van der Waals surface area contributed by atoms with E-state index in [0.717, 1.165) is 36.5 Å². The molecule has 0 spiro atoms. The molecule has 0 bridgehead atoms. The van der Waals surface area contributed by atoms with Crippen LogP contribution in [0.2, 0.25) is 0 Å². The largest absolute Gasteiger partial charge is 0.461 e. The van der Waals surface area contributed by atoms with Crippen LogP contribution in [0.1, 0.15) is 42.5 Å². The minimum absolute atomic E-state index is 0.0931. The first-order valence-electron chi connectivity index (χ1n) is 8.00. The monoisotopic (exact) mass is 298 g/mol. The number of ether oxygens (including phenoxy) is 1. The molecule has 22 heavy (non-hydrogen) atoms. The maximum Gasteiger partial charge on any atom is 0.338 e. The number of rotatable bonds is 4. The van der Waals surface area contributed by atoms with Crippen LogP contribution in [-0.2, 0) is 4.74 Å². The Labute approximate surface area is 130 Å². The molecule has 0 saturated heterocycles. The molecule has 2 aromatic rings. The SMILES string of the molecule is O=C(OCC1(CO)CCCCC1)c1cccc2ccccc12. The van der Waals surface area contributed by atoms with E-state index >= 15 is 0 Å². The molecule has 0 radical (unpaired) electrons. The molecule has 2 aromatic carbocycles. The van der Waals surface area contributed by atoms with Crippen molar-refractivity contribution in [2.75, 3.05) is 13.2 Å². The average molecular weight is 298 g/mol. The van der Waals surface area contributed by atoms with Crippen molar-refractivity contribution in [2.45, 2.75) is 32.1 Å². The van der Waals surface area contributed by atoms with Crippen molar-refractivity contribution in [2.24, 2.45) is 5.41 Å². The second-order valence-corrected chi connectivity index (χ2v) is 6.32. The van der Waals surface area contributed by atoms with E-state index in [4.69, 9.17) is 4.74 Å². The summed E-state index contributed by atoms with van der Waals surface area (Å²) in [5.74, 6) is -0.296. The molecule has 3 nitrogen and oxygen atoms in total. The number of carbonyl (C=O) groups excluding carboxylic acids is 1. The van der Waals surface area contributed by atoms with Gasteiger partial charge in [-0.15, -0.1) is 0 Å². The van der Waals surface area contributed by atoms with E-state index in [1.165, 1.54) is 6.42 Å². The van der Waals surface area contributed by atoms with E-state index in [9.17, 15) is 9.90 Å². The van der Waals surface area contributed by atoms with Gasteiger partial charge in [0.25, 0.3) is 0 Å². The van der Waals surface area contributed by atoms with Crippen LogP contribution in [0.5, 0.6) is 0 Å². The highest BCUT2D eigenvalue weighted by Crippen LogP contribution is 2.36. The van der Waals surface area contributed by atoms with E-state index in [1.54, 1.807) is 6.07 Å². The van der Waals surface area contributed by atoms with Crippen LogP contribution >= 0.6 is 0 Å². The third-order valence-electron chi connectivity index (χ3n) is 4.77. The second-order valence-electron chi connectivity index (χ2n) is 6.32. The highest BCUT2D eigenvalue weighted by molar-refractivity contribution is 6.04. The molecule has 3 rings (SSSR count). The number of aliphatic hydroxyl groups is 1. The highest BCUT2D eigenvalue weighted by Gasteiger charge is 2.33. The first-order chi connectivity index (χ1) is 10.7. The van der Waals surface area contributed by atoms with Crippen LogP contribution in [-0.4, -0.2) is 24.3 Å². The summed E-state index contributed by atoms with van der Waals surface area (Å²) in [7, 11) is 0. The maximum atomic E-state index is 12.5. The molecule has 0 unspecified atom stereocenters. The number of aliphatic hydroxyl groups excluding tert-OH is 1. The normalized spacial score (nSPS) is 17.3. The van der Waals surface area contributed by atoms with Crippen LogP contribution in [0, 0.1) is 5.41 Å². The minimum Gasteiger partial charge on any atom is -0.461 e. The van der Waals surface area contributed by atoms with Crippen LogP contribution in [0.25, 0.3) is 10.8 Å². The van der Waals surface area contributed by atoms with Gasteiger partial charge in [0.1, 0.15) is 0 Å². The van der Waals surface area contributed by atoms with E-state index < -0.39 is 0 Å². The van der Waals surface area contributed by atoms with Crippen LogP contribution in [0.4, 0.5) is 0 Å². The predicted octanol–water partition coefficient (Wildman–Crippen LogP) is 3.94. The second kappa shape index (κ2) is 6.49. The lowest BCUT2D eigenvalue weighted by molar-refractivity contribution is -0.00589. The predicted molar refractivity (Wildman–Crippen MR) is 86.8 cm³/mol. The standard InChI is InChI=1S/C19H22O3/c20-13-19(11-4-1-5-12-19)14-22-18(21)17-10-6-8-15-7-2-3-9-16(15)17/h2-3,6-10,20H,1,4-5,11-14H2. The van der Waals surface area contributed by atoms with Crippen molar-refractivity contribution in [3.63, 3.8) is 0 Å². The van der Waals surface area contributed by atoms with E-state index in [1.807, 2.05) is 36.4 Å². The summed E-state index contributed by atoms with van der Waals surface area (Å²) in [5, 5.41) is 11.7. The number of esters is 1. The van der Waals surface area contributed by atoms with Gasteiger partial charge < -0.3 is 9.84 Å². The molecule has 0 aromatic heterocycles. The Morgan fingerprint density at radius 3 is 2.55 bits per heavy atom. The Morgan fingerprint density at radius 2 is 1.77 bits per heavy atom. The molecule has 1 aliphatic rings. The third-order valence-corrected chi connectivity index (χ3v) is 4.77. The lowest BCUT2D eigenvalue weighted by Crippen LogP contribution is -2.34. The van der Waals surface area contributed by atoms with Crippen molar-refractivity contribution in [3.05, 3.63) is 48.0 Å².